The number of anilines is 1. The number of nitrogens with zero attached hydrogens (tertiary/aromatic N) is 3. The lowest BCUT2D eigenvalue weighted by Crippen LogP contribution is -2.29. The Morgan fingerprint density at radius 3 is 2.83 bits per heavy atom. The quantitative estimate of drug-likeness (QED) is 0.765. The molecule has 1 heterocycles. The van der Waals surface area contributed by atoms with Gasteiger partial charge in [-0.25, -0.2) is 0 Å². The van der Waals surface area contributed by atoms with E-state index in [1.165, 1.54) is 24.6 Å². The van der Waals surface area contributed by atoms with Gasteiger partial charge < -0.3 is 9.64 Å². The first kappa shape index (κ1) is 16.3. The lowest BCUT2D eigenvalue weighted by Gasteiger charge is -2.24. The largest absolute Gasteiger partial charge is 0.497 e. The molecule has 1 amide bonds. The number of methoxy groups -OCH3 is 1. The van der Waals surface area contributed by atoms with Crippen molar-refractivity contribution in [1.82, 2.24) is 9.78 Å². The van der Waals surface area contributed by atoms with Gasteiger partial charge in [-0.15, -0.1) is 0 Å². The molecule has 1 aromatic carbocycles. The number of hydrogen-bond acceptors (Lipinski definition) is 3. The summed E-state index contributed by atoms with van der Waals surface area (Å²) in [7, 11) is 3.61. The molecule has 3 rings (SSSR count). The maximum absolute atomic E-state index is 12.5. The predicted octanol–water partition coefficient (Wildman–Crippen LogP) is 3.33. The molecular formula is C19H23N3O2. The molecule has 1 fully saturated rings. The zero-order chi connectivity index (χ0) is 17.3. The molecule has 0 saturated heterocycles. The normalized spacial score (nSPS) is 13.6. The van der Waals surface area contributed by atoms with Crippen molar-refractivity contribution in [3.05, 3.63) is 53.9 Å². The van der Waals surface area contributed by atoms with Crippen molar-refractivity contribution >= 4 is 11.6 Å². The van der Waals surface area contributed by atoms with Crippen molar-refractivity contribution in [2.45, 2.75) is 32.2 Å². The van der Waals surface area contributed by atoms with Crippen molar-refractivity contribution in [2.75, 3.05) is 12.0 Å². The van der Waals surface area contributed by atoms with E-state index in [4.69, 9.17) is 4.74 Å². The van der Waals surface area contributed by atoms with Crippen molar-refractivity contribution in [3.8, 4) is 5.75 Å². The third-order valence-electron chi connectivity index (χ3n) is 4.49. The average Bonchev–Trinajstić information content (AvgIpc) is 3.35. The van der Waals surface area contributed by atoms with E-state index in [2.05, 4.69) is 11.7 Å². The summed E-state index contributed by atoms with van der Waals surface area (Å²) in [5.74, 6) is 1.24. The first-order valence-corrected chi connectivity index (χ1v) is 8.14. The summed E-state index contributed by atoms with van der Waals surface area (Å²) < 4.78 is 7.20. The van der Waals surface area contributed by atoms with Crippen LogP contribution in [0.3, 0.4) is 0 Å². The molecular weight excluding hydrogens is 302 g/mol. The monoisotopic (exact) mass is 325 g/mol. The minimum Gasteiger partial charge on any atom is -0.497 e. The van der Waals surface area contributed by atoms with Crippen LogP contribution >= 0.6 is 0 Å². The summed E-state index contributed by atoms with van der Waals surface area (Å²) in [6, 6.07) is 5.73. The molecule has 1 aliphatic carbocycles. The highest BCUT2D eigenvalue weighted by atomic mass is 16.5. The number of rotatable bonds is 6. The summed E-state index contributed by atoms with van der Waals surface area (Å²) in [6.45, 7) is 6.13. The fraction of sp³-hybridized carbons (Fsp3) is 0.368. The Labute approximate surface area is 142 Å². The van der Waals surface area contributed by atoms with Gasteiger partial charge >= 0.3 is 0 Å². The Balaban J connectivity index is 1.96. The molecule has 126 valence electrons. The van der Waals surface area contributed by atoms with E-state index in [0.29, 0.717) is 12.5 Å². The van der Waals surface area contributed by atoms with Crippen LogP contribution in [-0.4, -0.2) is 22.8 Å². The van der Waals surface area contributed by atoms with Crippen LogP contribution < -0.4 is 9.64 Å². The van der Waals surface area contributed by atoms with Gasteiger partial charge in [0.15, 0.2) is 0 Å². The van der Waals surface area contributed by atoms with Crippen LogP contribution in [0.15, 0.2) is 37.1 Å². The summed E-state index contributed by atoms with van der Waals surface area (Å²) in [4.78, 5) is 14.2. The fourth-order valence-electron chi connectivity index (χ4n) is 3.12. The van der Waals surface area contributed by atoms with E-state index in [1.54, 1.807) is 12.0 Å². The Morgan fingerprint density at radius 2 is 2.25 bits per heavy atom. The highest BCUT2D eigenvalue weighted by molar-refractivity contribution is 6.01. The predicted molar refractivity (Wildman–Crippen MR) is 94.3 cm³/mol. The number of benzene rings is 1. The second kappa shape index (κ2) is 6.51. The Morgan fingerprint density at radius 1 is 1.50 bits per heavy atom. The van der Waals surface area contributed by atoms with Crippen LogP contribution in [0.25, 0.3) is 0 Å². The third-order valence-corrected chi connectivity index (χ3v) is 4.49. The molecule has 0 bridgehead atoms. The molecule has 0 N–H and O–H groups in total. The van der Waals surface area contributed by atoms with E-state index >= 15 is 0 Å². The number of hydrogen-bond donors (Lipinski definition) is 0. The Kier molecular flexibility index (Phi) is 4.42. The van der Waals surface area contributed by atoms with Crippen LogP contribution in [0.5, 0.6) is 5.75 Å². The maximum Gasteiger partial charge on any atom is 0.250 e. The van der Waals surface area contributed by atoms with Crippen molar-refractivity contribution in [2.24, 2.45) is 7.05 Å². The van der Waals surface area contributed by atoms with Gasteiger partial charge in [0.25, 0.3) is 5.91 Å². The molecule has 0 atom stereocenters. The van der Waals surface area contributed by atoms with E-state index in [-0.39, 0.29) is 5.91 Å². The number of aryl methyl sites for hydroxylation is 2. The number of aromatic nitrogens is 2. The summed E-state index contributed by atoms with van der Waals surface area (Å²) in [6.07, 6.45) is 5.62. The molecule has 1 aromatic heterocycles. The second-order valence-corrected chi connectivity index (χ2v) is 6.23. The molecule has 0 unspecified atom stereocenters. The van der Waals surface area contributed by atoms with E-state index in [9.17, 15) is 4.79 Å². The van der Waals surface area contributed by atoms with Crippen LogP contribution in [0, 0.1) is 6.92 Å². The summed E-state index contributed by atoms with van der Waals surface area (Å²) in [5, 5.41) is 4.39. The van der Waals surface area contributed by atoms with Crippen molar-refractivity contribution in [1.29, 1.82) is 0 Å². The zero-order valence-corrected chi connectivity index (χ0v) is 14.5. The van der Waals surface area contributed by atoms with Gasteiger partial charge in [0.05, 0.1) is 19.9 Å². The van der Waals surface area contributed by atoms with E-state index in [1.807, 2.05) is 43.0 Å². The summed E-state index contributed by atoms with van der Waals surface area (Å²) >= 11 is 0. The SMILES string of the molecule is C=CC(=O)N(Cc1cnn(C)c1C1CC1)c1ccc(OC)cc1C. The Bertz CT molecular complexity index is 775. The van der Waals surface area contributed by atoms with Crippen LogP contribution in [0.1, 0.15) is 35.6 Å². The molecule has 2 aromatic rings. The zero-order valence-electron chi connectivity index (χ0n) is 14.5. The van der Waals surface area contributed by atoms with Crippen LogP contribution in [0.4, 0.5) is 5.69 Å². The van der Waals surface area contributed by atoms with Crippen LogP contribution in [-0.2, 0) is 18.4 Å². The van der Waals surface area contributed by atoms with Gasteiger partial charge in [0.2, 0.25) is 0 Å². The minimum absolute atomic E-state index is 0.117. The third kappa shape index (κ3) is 3.07. The molecule has 0 aliphatic heterocycles. The Hall–Kier alpha value is -2.56. The van der Waals surface area contributed by atoms with Gasteiger partial charge in [0, 0.05) is 29.9 Å². The maximum atomic E-state index is 12.5. The highest BCUT2D eigenvalue weighted by Crippen LogP contribution is 2.42. The lowest BCUT2D eigenvalue weighted by atomic mass is 10.1. The van der Waals surface area contributed by atoms with Crippen molar-refractivity contribution in [3.63, 3.8) is 0 Å². The van der Waals surface area contributed by atoms with Gasteiger partial charge in [-0.3, -0.25) is 9.48 Å². The lowest BCUT2D eigenvalue weighted by molar-refractivity contribution is -0.114. The number of carbonyl (C=O) groups excluding carboxylic acids is 1. The molecule has 0 radical (unpaired) electrons. The second-order valence-electron chi connectivity index (χ2n) is 6.23. The minimum atomic E-state index is -0.117. The van der Waals surface area contributed by atoms with Crippen LogP contribution in [0.2, 0.25) is 0 Å². The smallest absolute Gasteiger partial charge is 0.250 e. The van der Waals surface area contributed by atoms with Gasteiger partial charge in [-0.05, 0) is 49.6 Å². The summed E-state index contributed by atoms with van der Waals surface area (Å²) in [5.41, 5.74) is 4.20. The van der Waals surface area contributed by atoms with E-state index < -0.39 is 0 Å². The molecule has 24 heavy (non-hydrogen) atoms. The number of carbonyl (C=O) groups is 1. The number of amides is 1. The fourth-order valence-corrected chi connectivity index (χ4v) is 3.12. The van der Waals surface area contributed by atoms with Crippen molar-refractivity contribution < 1.29 is 9.53 Å². The standard InChI is InChI=1S/C19H23N3O2/c1-5-18(23)22(17-9-8-16(24-4)10-13(17)2)12-15-11-20-21(3)19(15)14-6-7-14/h5,8-11,14H,1,6-7,12H2,2-4H3. The average molecular weight is 325 g/mol. The first-order chi connectivity index (χ1) is 11.5. The molecule has 5 nitrogen and oxygen atoms in total. The molecule has 1 aliphatic rings. The first-order valence-electron chi connectivity index (χ1n) is 8.14. The van der Waals surface area contributed by atoms with Gasteiger partial charge in [0.1, 0.15) is 5.75 Å². The topological polar surface area (TPSA) is 47.4 Å². The van der Waals surface area contributed by atoms with Gasteiger partial charge in [-0.2, -0.15) is 5.10 Å². The molecule has 1 saturated carbocycles. The number of ether oxygens (including phenoxy) is 1. The van der Waals surface area contributed by atoms with Gasteiger partial charge in [-0.1, -0.05) is 6.58 Å². The highest BCUT2D eigenvalue weighted by Gasteiger charge is 2.30. The molecule has 5 heteroatoms. The molecule has 0 spiro atoms. The van der Waals surface area contributed by atoms with E-state index in [0.717, 1.165) is 22.6 Å².